The SMILES string of the molecule is C=C/C=C(\C=C/C(C)C(=C)Nc1ccc(C=C)cc1C)C(C)=O.CC.CNc1ccccc1.Cc1ccc(C)c(C)c1. The van der Waals surface area contributed by atoms with E-state index < -0.39 is 0 Å². The predicted molar refractivity (Wildman–Crippen MR) is 189 cm³/mol. The van der Waals surface area contributed by atoms with Gasteiger partial charge >= 0.3 is 0 Å². The third kappa shape index (κ3) is 14.9. The number of hydrogen-bond acceptors (Lipinski definition) is 3. The van der Waals surface area contributed by atoms with Crippen molar-refractivity contribution in [3.63, 3.8) is 0 Å². The van der Waals surface area contributed by atoms with E-state index in [1.807, 2.05) is 95.4 Å². The van der Waals surface area contributed by atoms with Crippen LogP contribution in [-0.2, 0) is 4.79 Å². The number of allylic oxidation sites excluding steroid dienone is 5. The summed E-state index contributed by atoms with van der Waals surface area (Å²) in [4.78, 5) is 11.5. The maximum absolute atomic E-state index is 11.5. The zero-order valence-corrected chi connectivity index (χ0v) is 27.3. The minimum atomic E-state index is 0.0165. The van der Waals surface area contributed by atoms with E-state index in [2.05, 4.69) is 75.4 Å². The fourth-order valence-corrected chi connectivity index (χ4v) is 3.52. The maximum atomic E-state index is 11.5. The number of nitrogens with one attached hydrogen (secondary N) is 2. The molecule has 42 heavy (non-hydrogen) atoms. The van der Waals surface area contributed by atoms with E-state index in [1.54, 1.807) is 19.1 Å². The molecule has 0 aliphatic rings. The first-order valence-electron chi connectivity index (χ1n) is 14.5. The van der Waals surface area contributed by atoms with Gasteiger partial charge in [0.05, 0.1) is 0 Å². The van der Waals surface area contributed by atoms with Crippen molar-refractivity contribution in [1.29, 1.82) is 0 Å². The third-order valence-electron chi connectivity index (χ3n) is 6.32. The molecule has 0 spiro atoms. The second-order valence-electron chi connectivity index (χ2n) is 9.69. The highest BCUT2D eigenvalue weighted by Gasteiger charge is 2.06. The van der Waals surface area contributed by atoms with Crippen LogP contribution in [0.1, 0.15) is 55.5 Å². The Bertz CT molecular complexity index is 1330. The standard InChI is InChI=1S/C21H25NO.C9H12.C7H9N.C2H6/c1-7-9-20(18(6)23)12-10-15(3)17(5)22-21-13-11-19(8-2)14-16(21)4;1-7-4-5-8(2)9(3)6-7;1-8-7-5-3-2-4-6-7;1-2/h7-15,22H,1-2,5H2,3-4,6H3;4-6H,1-3H3;2-6,8H,1H3;1-2H3/b12-10-,20-9+;;;. The Morgan fingerprint density at radius 2 is 1.50 bits per heavy atom. The topological polar surface area (TPSA) is 41.1 Å². The molecule has 3 aromatic carbocycles. The number of carbonyl (C=O) groups is 1. The lowest BCUT2D eigenvalue weighted by molar-refractivity contribution is -0.113. The summed E-state index contributed by atoms with van der Waals surface area (Å²) in [6, 6.07) is 22.7. The van der Waals surface area contributed by atoms with Crippen molar-refractivity contribution in [2.24, 2.45) is 5.92 Å². The third-order valence-corrected chi connectivity index (χ3v) is 6.32. The van der Waals surface area contributed by atoms with Crippen molar-refractivity contribution in [3.05, 3.63) is 150 Å². The second kappa shape index (κ2) is 21.4. The highest BCUT2D eigenvalue weighted by molar-refractivity contribution is 5.96. The number of anilines is 2. The summed E-state index contributed by atoms with van der Waals surface area (Å²) in [5.41, 5.74) is 10.0. The molecule has 1 unspecified atom stereocenters. The van der Waals surface area contributed by atoms with Crippen LogP contribution < -0.4 is 10.6 Å². The van der Waals surface area contributed by atoms with E-state index in [-0.39, 0.29) is 11.7 Å². The smallest absolute Gasteiger partial charge is 0.159 e. The van der Waals surface area contributed by atoms with Crippen molar-refractivity contribution in [3.8, 4) is 0 Å². The predicted octanol–water partition coefficient (Wildman–Crippen LogP) is 10.8. The molecule has 1 atom stereocenters. The zero-order chi connectivity index (χ0) is 32.1. The number of para-hydroxylation sites is 1. The van der Waals surface area contributed by atoms with E-state index in [9.17, 15) is 4.79 Å². The van der Waals surface area contributed by atoms with E-state index in [0.717, 1.165) is 28.2 Å². The summed E-state index contributed by atoms with van der Waals surface area (Å²) in [6.07, 6.45) is 8.92. The first-order chi connectivity index (χ1) is 20.0. The molecule has 2 N–H and O–H groups in total. The fraction of sp³-hybridized carbons (Fsp3) is 0.256. The molecule has 0 radical (unpaired) electrons. The summed E-state index contributed by atoms with van der Waals surface area (Å²) in [5.74, 6) is 0.101. The van der Waals surface area contributed by atoms with Gasteiger partial charge in [0.2, 0.25) is 0 Å². The van der Waals surface area contributed by atoms with Crippen molar-refractivity contribution >= 4 is 23.2 Å². The minimum Gasteiger partial charge on any atom is -0.388 e. The van der Waals surface area contributed by atoms with E-state index in [4.69, 9.17) is 0 Å². The lowest BCUT2D eigenvalue weighted by Crippen LogP contribution is -2.07. The number of Topliss-reactive ketones (excluding diaryl/α,β-unsaturated/α-hetero) is 1. The molecule has 3 rings (SSSR count). The van der Waals surface area contributed by atoms with Crippen LogP contribution in [-0.4, -0.2) is 12.8 Å². The largest absolute Gasteiger partial charge is 0.388 e. The van der Waals surface area contributed by atoms with Crippen LogP contribution in [0.4, 0.5) is 11.4 Å². The lowest BCUT2D eigenvalue weighted by atomic mass is 10.0. The van der Waals surface area contributed by atoms with Gasteiger partial charge in [-0.05, 0) is 81.1 Å². The molecule has 0 saturated carbocycles. The number of hydrogen-bond donors (Lipinski definition) is 2. The van der Waals surface area contributed by atoms with Gasteiger partial charge in [-0.1, -0.05) is 119 Å². The quantitative estimate of drug-likeness (QED) is 0.201. The summed E-state index contributed by atoms with van der Waals surface area (Å²) in [7, 11) is 1.91. The molecule has 0 aliphatic carbocycles. The number of carbonyl (C=O) groups excluding carboxylic acids is 1. The molecular weight excluding hydrogens is 512 g/mol. The Morgan fingerprint density at radius 3 is 1.95 bits per heavy atom. The van der Waals surface area contributed by atoms with Crippen molar-refractivity contribution in [2.45, 2.75) is 55.4 Å². The van der Waals surface area contributed by atoms with Gasteiger partial charge in [0.15, 0.2) is 5.78 Å². The van der Waals surface area contributed by atoms with Crippen LogP contribution in [0.5, 0.6) is 0 Å². The molecule has 3 nitrogen and oxygen atoms in total. The van der Waals surface area contributed by atoms with Crippen LogP contribution >= 0.6 is 0 Å². The first-order valence-corrected chi connectivity index (χ1v) is 14.5. The highest BCUT2D eigenvalue weighted by atomic mass is 16.1. The van der Waals surface area contributed by atoms with Crippen LogP contribution in [0.2, 0.25) is 0 Å². The Morgan fingerprint density at radius 1 is 0.857 bits per heavy atom. The maximum Gasteiger partial charge on any atom is 0.159 e. The summed E-state index contributed by atoms with van der Waals surface area (Å²) in [5, 5.41) is 6.37. The zero-order valence-electron chi connectivity index (χ0n) is 27.3. The average Bonchev–Trinajstić information content (AvgIpc) is 3.00. The lowest BCUT2D eigenvalue weighted by Gasteiger charge is -2.16. The van der Waals surface area contributed by atoms with Gasteiger partial charge in [-0.2, -0.15) is 0 Å². The second-order valence-corrected chi connectivity index (χ2v) is 9.69. The Hall–Kier alpha value is -4.37. The fourth-order valence-electron chi connectivity index (χ4n) is 3.52. The van der Waals surface area contributed by atoms with Crippen LogP contribution in [0.3, 0.4) is 0 Å². The van der Waals surface area contributed by atoms with Crippen molar-refractivity contribution in [2.75, 3.05) is 17.7 Å². The van der Waals surface area contributed by atoms with Crippen LogP contribution in [0.15, 0.2) is 122 Å². The highest BCUT2D eigenvalue weighted by Crippen LogP contribution is 2.21. The molecule has 3 aromatic rings. The first kappa shape index (κ1) is 37.6. The van der Waals surface area contributed by atoms with Gasteiger partial charge in [-0.3, -0.25) is 4.79 Å². The van der Waals surface area contributed by atoms with E-state index >= 15 is 0 Å². The van der Waals surface area contributed by atoms with E-state index in [1.165, 1.54) is 16.7 Å². The average molecular weight is 565 g/mol. The molecule has 0 bridgehead atoms. The Balaban J connectivity index is 0.000000715. The molecule has 0 aliphatic heterocycles. The normalized spacial score (nSPS) is 10.8. The molecule has 3 heteroatoms. The molecule has 0 amide bonds. The molecule has 0 aromatic heterocycles. The van der Waals surface area contributed by atoms with Gasteiger partial charge in [0.25, 0.3) is 0 Å². The van der Waals surface area contributed by atoms with Gasteiger partial charge in [0.1, 0.15) is 0 Å². The van der Waals surface area contributed by atoms with Crippen LogP contribution in [0.25, 0.3) is 6.08 Å². The summed E-state index contributed by atoms with van der Waals surface area (Å²) < 4.78 is 0. The number of benzene rings is 3. The molecule has 0 fully saturated rings. The van der Waals surface area contributed by atoms with Gasteiger partial charge < -0.3 is 10.6 Å². The number of aryl methyl sites for hydroxylation is 4. The monoisotopic (exact) mass is 564 g/mol. The van der Waals surface area contributed by atoms with Gasteiger partial charge in [0, 0.05) is 35.6 Å². The minimum absolute atomic E-state index is 0.0165. The Kier molecular flexibility index (Phi) is 19.2. The van der Waals surface area contributed by atoms with Gasteiger partial charge in [-0.25, -0.2) is 0 Å². The molecule has 0 heterocycles. The van der Waals surface area contributed by atoms with Gasteiger partial charge in [-0.15, -0.1) is 0 Å². The van der Waals surface area contributed by atoms with E-state index in [0.29, 0.717) is 5.57 Å². The molecule has 224 valence electrons. The summed E-state index contributed by atoms with van der Waals surface area (Å²) >= 11 is 0. The van der Waals surface area contributed by atoms with Crippen LogP contribution in [0, 0.1) is 33.6 Å². The number of ketones is 1. The molecule has 0 saturated heterocycles. The van der Waals surface area contributed by atoms with Crippen molar-refractivity contribution < 1.29 is 4.79 Å². The van der Waals surface area contributed by atoms with Crippen molar-refractivity contribution in [1.82, 2.24) is 0 Å². The Labute approximate surface area is 256 Å². The molecular formula is C39H52N2O. The number of rotatable bonds is 9. The summed E-state index contributed by atoms with van der Waals surface area (Å²) in [6.45, 7) is 27.5.